The second kappa shape index (κ2) is 20.6. The van der Waals surface area contributed by atoms with Crippen LogP contribution in [0, 0.1) is 31.6 Å². The van der Waals surface area contributed by atoms with Gasteiger partial charge in [0.1, 0.15) is 23.4 Å². The number of hydrogen-bond acceptors (Lipinski definition) is 9. The van der Waals surface area contributed by atoms with Gasteiger partial charge in [-0.2, -0.15) is 0 Å². The number of aromatic nitrogens is 2. The fourth-order valence-electron chi connectivity index (χ4n) is 8.77. The largest absolute Gasteiger partial charge is 0.501 e. The molecule has 1 aliphatic heterocycles. The van der Waals surface area contributed by atoms with Crippen LogP contribution >= 0.6 is 23.2 Å². The maximum Gasteiger partial charge on any atom is 0.143 e. The Kier molecular flexibility index (Phi) is 15.5. The summed E-state index contributed by atoms with van der Waals surface area (Å²) in [7, 11) is 4.98. The zero-order chi connectivity index (χ0) is 43.1. The summed E-state index contributed by atoms with van der Waals surface area (Å²) >= 11 is 14.0. The molecule has 1 aromatic carbocycles. The van der Waals surface area contributed by atoms with E-state index in [1.807, 2.05) is 37.6 Å². The van der Waals surface area contributed by atoms with Gasteiger partial charge in [0.2, 0.25) is 0 Å². The zero-order valence-electron chi connectivity index (χ0n) is 36.7. The molecule has 6 rings (SSSR count). The second-order valence-corrected chi connectivity index (χ2v) is 17.4. The van der Waals surface area contributed by atoms with E-state index in [0.717, 1.165) is 99.8 Å². The zero-order valence-corrected chi connectivity index (χ0v) is 38.2. The summed E-state index contributed by atoms with van der Waals surface area (Å²) in [6.07, 6.45) is 17.5. The van der Waals surface area contributed by atoms with Gasteiger partial charge in [-0.25, -0.2) is 4.98 Å². The molecular formula is C48H64Cl2N6O4. The van der Waals surface area contributed by atoms with Crippen molar-refractivity contribution < 1.29 is 19.3 Å². The van der Waals surface area contributed by atoms with Crippen molar-refractivity contribution in [1.82, 2.24) is 14.3 Å². The smallest absolute Gasteiger partial charge is 0.143 e. The van der Waals surface area contributed by atoms with Crippen molar-refractivity contribution in [3.63, 3.8) is 0 Å². The highest BCUT2D eigenvalue weighted by Crippen LogP contribution is 2.43. The van der Waals surface area contributed by atoms with Gasteiger partial charge >= 0.3 is 0 Å². The Balaban J connectivity index is 1.30. The highest BCUT2D eigenvalue weighted by Gasteiger charge is 2.35. The van der Waals surface area contributed by atoms with Crippen LogP contribution in [0.5, 0.6) is 5.75 Å². The third kappa shape index (κ3) is 10.4. The molecule has 12 heteroatoms. The van der Waals surface area contributed by atoms with Gasteiger partial charge in [0, 0.05) is 97.7 Å². The fourth-order valence-corrected chi connectivity index (χ4v) is 9.49. The molecule has 4 unspecified atom stereocenters. The molecule has 1 saturated carbocycles. The van der Waals surface area contributed by atoms with Gasteiger partial charge in [-0.05, 0) is 100 Å². The number of aliphatic hydroxyl groups excluding tert-OH is 1. The molecule has 2 aliphatic carbocycles. The number of benzene rings is 1. The lowest BCUT2D eigenvalue weighted by atomic mass is 9.97. The van der Waals surface area contributed by atoms with Crippen LogP contribution in [-0.4, -0.2) is 91.3 Å². The Bertz CT molecular complexity index is 2170. The molecule has 3 aromatic rings. The molecule has 2 aromatic heterocycles. The van der Waals surface area contributed by atoms with Crippen molar-refractivity contribution in [3.8, 4) is 5.75 Å². The van der Waals surface area contributed by atoms with E-state index in [1.54, 1.807) is 27.5 Å². The average Bonchev–Trinajstić information content (AvgIpc) is 3.77. The molecular weight excluding hydrogens is 795 g/mol. The van der Waals surface area contributed by atoms with E-state index in [4.69, 9.17) is 47.4 Å². The number of imidazole rings is 1. The highest BCUT2D eigenvalue weighted by atomic mass is 35.5. The molecule has 0 spiro atoms. The van der Waals surface area contributed by atoms with Crippen LogP contribution in [0.15, 0.2) is 88.2 Å². The van der Waals surface area contributed by atoms with E-state index in [1.165, 1.54) is 31.9 Å². The first-order chi connectivity index (χ1) is 28.9. The van der Waals surface area contributed by atoms with Crippen molar-refractivity contribution in [3.05, 3.63) is 111 Å². The van der Waals surface area contributed by atoms with Gasteiger partial charge in [-0.3, -0.25) is 4.99 Å². The molecule has 2 fully saturated rings. The highest BCUT2D eigenvalue weighted by molar-refractivity contribution is 6.33. The van der Waals surface area contributed by atoms with Crippen LogP contribution in [0.4, 0.5) is 11.4 Å². The lowest BCUT2D eigenvalue weighted by Gasteiger charge is -2.29. The molecule has 3 aliphatic rings. The summed E-state index contributed by atoms with van der Waals surface area (Å²) in [5.74, 6) is 4.07. The molecule has 0 bridgehead atoms. The summed E-state index contributed by atoms with van der Waals surface area (Å²) < 4.78 is 19.5. The van der Waals surface area contributed by atoms with Crippen LogP contribution in [0.2, 0.25) is 0 Å². The Hall–Kier alpha value is -4.22. The summed E-state index contributed by atoms with van der Waals surface area (Å²) in [4.78, 5) is 15.0. The summed E-state index contributed by atoms with van der Waals surface area (Å²) in [6.45, 7) is 20.1. The number of alkyl halides is 1. The number of anilines is 2. The normalized spacial score (nSPS) is 23.6. The minimum absolute atomic E-state index is 0.433. The van der Waals surface area contributed by atoms with E-state index >= 15 is 0 Å². The molecule has 324 valence electrons. The number of aliphatic imine (C=N–C) groups is 1. The van der Waals surface area contributed by atoms with Gasteiger partial charge < -0.3 is 38.8 Å². The van der Waals surface area contributed by atoms with E-state index in [0.29, 0.717) is 41.9 Å². The maximum absolute atomic E-state index is 10.9. The molecule has 1 saturated heterocycles. The molecule has 2 N–H and O–H groups in total. The number of methoxy groups -OCH3 is 3. The molecule has 4 atom stereocenters. The molecule has 10 nitrogen and oxygen atoms in total. The Labute approximate surface area is 367 Å². The van der Waals surface area contributed by atoms with Crippen molar-refractivity contribution in [1.29, 1.82) is 0 Å². The van der Waals surface area contributed by atoms with Crippen molar-refractivity contribution in [2.24, 2.45) is 22.7 Å². The first-order valence-corrected chi connectivity index (χ1v) is 22.2. The van der Waals surface area contributed by atoms with Crippen LogP contribution in [0.1, 0.15) is 74.4 Å². The number of allylic oxidation sites excluding steroid dienone is 6. The predicted molar refractivity (Wildman–Crippen MR) is 248 cm³/mol. The number of aryl methyl sites for hydroxylation is 1. The maximum atomic E-state index is 10.9. The van der Waals surface area contributed by atoms with E-state index in [2.05, 4.69) is 65.9 Å². The summed E-state index contributed by atoms with van der Waals surface area (Å²) in [5.41, 5.74) is 9.27. The van der Waals surface area contributed by atoms with E-state index in [-0.39, 0.29) is 0 Å². The van der Waals surface area contributed by atoms with Gasteiger partial charge in [-0.1, -0.05) is 38.1 Å². The molecule has 60 heavy (non-hydrogen) atoms. The van der Waals surface area contributed by atoms with Gasteiger partial charge in [-0.15, -0.1) is 11.6 Å². The number of fused-ring (bicyclic) bond motifs is 1. The van der Waals surface area contributed by atoms with E-state index in [9.17, 15) is 5.11 Å². The van der Waals surface area contributed by atoms with Crippen molar-refractivity contribution in [2.45, 2.75) is 84.7 Å². The number of pyridine rings is 1. The Morgan fingerprint density at radius 3 is 2.58 bits per heavy atom. The first-order valence-electron chi connectivity index (χ1n) is 21.3. The van der Waals surface area contributed by atoms with Gasteiger partial charge in [0.25, 0.3) is 0 Å². The predicted octanol–water partition coefficient (Wildman–Crippen LogP) is 9.74. The van der Waals surface area contributed by atoms with Crippen molar-refractivity contribution >= 4 is 46.4 Å². The number of rotatable bonds is 19. The summed E-state index contributed by atoms with van der Waals surface area (Å²) in [6, 6.07) is 4.23. The van der Waals surface area contributed by atoms with Crippen LogP contribution in [0.3, 0.4) is 0 Å². The Morgan fingerprint density at radius 1 is 1.13 bits per heavy atom. The van der Waals surface area contributed by atoms with Gasteiger partial charge in [0.15, 0.2) is 0 Å². The average molecular weight is 860 g/mol. The topological polar surface area (TPSA) is 96.1 Å². The molecule has 0 amide bonds. The standard InChI is InChI=1S/C48H64Cl2N6O4/c1-10-18-54(27-33-13-14-33)28-37-29-55(26-30(37)4)46-31(5)47(60-9)34(23-42(46)53-44(57)12-3)21-38(11-2)52-25-36-20-35(48-51-17-19-56(48)32(36)6)22-40-41(49)24-39(58-7)15-16-43(59-8)45(40)50/h11-12,16-17,19-20,23-25,30,33,37,41,44,53,57H,3,10,13-15,18,21-22,26-29H2,1-2,4-9H3/b38-11-,39-24+,43-16+,45-40+,52-25-. The monoisotopic (exact) mass is 858 g/mol. The Morgan fingerprint density at radius 2 is 1.92 bits per heavy atom. The van der Waals surface area contributed by atoms with E-state index < -0.39 is 11.6 Å². The SMILES string of the molecule is C=CC(O)Nc1cc(CC(=C/C)/N=C\c2cc(C/C3=C(Cl)/C(OC)=C\C/C(OC)=C\C3Cl)c3nccn3c2C)c(OC)c(C)c1N1CC(C)C(CN(CCC)CC2CC2)C1. The minimum Gasteiger partial charge on any atom is -0.501 e. The number of hydrogen-bond donors (Lipinski definition) is 2. The number of halogens is 2. The molecule has 0 radical (unpaired) electrons. The fraction of sp³-hybridized carbons (Fsp3) is 0.500. The van der Waals surface area contributed by atoms with Crippen LogP contribution < -0.4 is 15.0 Å². The second-order valence-electron chi connectivity index (χ2n) is 16.5. The number of ether oxygens (including phenoxy) is 3. The number of nitrogens with one attached hydrogen (secondary N) is 1. The summed E-state index contributed by atoms with van der Waals surface area (Å²) in [5, 5.41) is 14.2. The lowest BCUT2D eigenvalue weighted by Crippen LogP contribution is -2.35. The number of aliphatic hydroxyl groups is 1. The van der Waals surface area contributed by atoms with Crippen LogP contribution in [0.25, 0.3) is 5.65 Å². The minimum atomic E-state index is -0.911. The molecule has 3 heterocycles. The first kappa shape index (κ1) is 45.3. The number of nitrogens with zero attached hydrogens (tertiary/aromatic N) is 5. The van der Waals surface area contributed by atoms with Crippen LogP contribution in [-0.2, 0) is 22.3 Å². The lowest BCUT2D eigenvalue weighted by molar-refractivity contribution is 0.211. The van der Waals surface area contributed by atoms with Crippen molar-refractivity contribution in [2.75, 3.05) is 64.3 Å². The third-order valence-corrected chi connectivity index (χ3v) is 13.1. The quantitative estimate of drug-likeness (QED) is 0.0533. The third-order valence-electron chi connectivity index (χ3n) is 12.2. The van der Waals surface area contributed by atoms with Gasteiger partial charge in [0.05, 0.1) is 48.9 Å².